The van der Waals surface area contributed by atoms with Gasteiger partial charge in [0.25, 0.3) is 11.8 Å². The van der Waals surface area contributed by atoms with Crippen LogP contribution in [-0.4, -0.2) is 86.8 Å². The number of carbonyl (C=O) groups excluding carboxylic acids is 5. The summed E-state index contributed by atoms with van der Waals surface area (Å²) < 4.78 is 9.79. The maximum absolute atomic E-state index is 13.3. The topological polar surface area (TPSA) is 233 Å². The molecule has 0 saturated carbocycles. The van der Waals surface area contributed by atoms with E-state index in [-0.39, 0.29) is 55.5 Å². The van der Waals surface area contributed by atoms with Gasteiger partial charge in [-0.3, -0.25) is 34.0 Å². The van der Waals surface area contributed by atoms with Gasteiger partial charge < -0.3 is 30.2 Å². The van der Waals surface area contributed by atoms with E-state index in [0.29, 0.717) is 65.7 Å². The molecule has 67 heavy (non-hydrogen) atoms. The Morgan fingerprint density at radius 2 is 1.79 bits per heavy atom. The Balaban J connectivity index is 0.698. The molecule has 5 amide bonds. The number of nitrogens with zero attached hydrogens (tertiary/aromatic N) is 9. The Bertz CT molecular complexity index is 2740. The van der Waals surface area contributed by atoms with Crippen LogP contribution in [0.15, 0.2) is 91.5 Å². The highest BCUT2D eigenvalue weighted by Gasteiger charge is 2.40. The molecule has 346 valence electrons. The minimum Gasteiger partial charge on any atom is -0.494 e. The van der Waals surface area contributed by atoms with E-state index in [0.717, 1.165) is 54.9 Å². The van der Waals surface area contributed by atoms with Gasteiger partial charge in [0.15, 0.2) is 11.6 Å². The third-order valence-corrected chi connectivity index (χ3v) is 11.9. The largest absolute Gasteiger partial charge is 0.494 e. The molecule has 2 aliphatic rings. The first kappa shape index (κ1) is 45.7. The first-order valence-corrected chi connectivity index (χ1v) is 22.6. The van der Waals surface area contributed by atoms with Gasteiger partial charge in [-0.05, 0) is 99.5 Å². The Hall–Kier alpha value is -7.83. The number of carbonyl (C=O) groups is 5. The predicted molar refractivity (Wildman–Crippen MR) is 246 cm³/mol. The van der Waals surface area contributed by atoms with E-state index in [9.17, 15) is 24.0 Å². The monoisotopic (exact) mass is 907 g/mol. The molecule has 19 nitrogen and oxygen atoms in total. The van der Waals surface area contributed by atoms with E-state index in [1.807, 2.05) is 71.9 Å². The summed E-state index contributed by atoms with van der Waals surface area (Å²) in [7, 11) is 1.88. The molecule has 2 aliphatic heterocycles. The summed E-state index contributed by atoms with van der Waals surface area (Å²) in [6, 6.07) is 21.1. The second kappa shape index (κ2) is 21.4. The first-order chi connectivity index (χ1) is 32.6. The number of fused-ring (bicyclic) bond motifs is 1. The lowest BCUT2D eigenvalue weighted by Gasteiger charge is -2.29. The zero-order valence-electron chi connectivity index (χ0n) is 37.5. The molecule has 1 fully saturated rings. The lowest BCUT2D eigenvalue weighted by molar-refractivity contribution is -0.137. The third-order valence-electron chi connectivity index (χ3n) is 11.9. The number of rotatable bonds is 21. The van der Waals surface area contributed by atoms with Gasteiger partial charge in [-0.1, -0.05) is 35.9 Å². The fraction of sp³-hybridized carbons (Fsp3) is 0.354. The van der Waals surface area contributed by atoms with Crippen molar-refractivity contribution in [1.82, 2.24) is 55.3 Å². The average molecular weight is 908 g/mol. The van der Waals surface area contributed by atoms with Crippen molar-refractivity contribution in [2.75, 3.05) is 17.2 Å². The first-order valence-electron chi connectivity index (χ1n) is 22.6. The van der Waals surface area contributed by atoms with Crippen molar-refractivity contribution in [3.8, 4) is 17.3 Å². The molecule has 0 radical (unpaired) electrons. The fourth-order valence-corrected chi connectivity index (χ4v) is 8.18. The van der Waals surface area contributed by atoms with Gasteiger partial charge in [0.1, 0.15) is 23.8 Å². The maximum atomic E-state index is 13.3. The van der Waals surface area contributed by atoms with Crippen LogP contribution in [0.5, 0.6) is 5.75 Å². The van der Waals surface area contributed by atoms with Crippen molar-refractivity contribution in [2.24, 2.45) is 7.05 Å². The zero-order valence-corrected chi connectivity index (χ0v) is 37.5. The van der Waals surface area contributed by atoms with Crippen LogP contribution >= 0.6 is 0 Å². The summed E-state index contributed by atoms with van der Waals surface area (Å²) in [5.41, 5.74) is 5.41. The van der Waals surface area contributed by atoms with E-state index >= 15 is 0 Å². The number of aryl methyl sites for hydroxylation is 2. The summed E-state index contributed by atoms with van der Waals surface area (Å²) in [5, 5.41) is 28.8. The van der Waals surface area contributed by atoms with Gasteiger partial charge in [0, 0.05) is 73.4 Å². The molecule has 1 saturated heterocycles. The van der Waals surface area contributed by atoms with Gasteiger partial charge in [-0.2, -0.15) is 0 Å². The van der Waals surface area contributed by atoms with Gasteiger partial charge in [0.2, 0.25) is 17.7 Å². The van der Waals surface area contributed by atoms with Crippen molar-refractivity contribution in [3.05, 3.63) is 125 Å². The molecular weight excluding hydrogens is 855 g/mol. The number of ether oxygens (including phenoxy) is 1. The normalized spacial score (nSPS) is 14.9. The molecule has 8 rings (SSSR count). The van der Waals surface area contributed by atoms with E-state index in [4.69, 9.17) is 4.74 Å². The number of unbranched alkanes of at least 4 members (excludes halogenated alkanes) is 3. The number of hydrogen-bond acceptors (Lipinski definition) is 13. The van der Waals surface area contributed by atoms with Crippen LogP contribution in [0.4, 0.5) is 11.4 Å². The van der Waals surface area contributed by atoms with Crippen LogP contribution in [0, 0.1) is 0 Å². The standard InChI is InChI=1S/C48H53N13O6/c1-31(52-46(64)33-12-7-13-34(25-33)50-27-42-56-57-45(59(42)2)40-21-22-49-30-51-40)32-11-8-15-36(26-32)67-24-6-4-3-5-23-60-28-35(55-58-60)14-9-18-43(62)53-39-17-10-16-37-38(39)29-61(48(37)66)41-19-20-44(63)54-47(41)65/h7-8,10-13,15-17,21-22,25-26,28,30-31,41,50H,3-6,9,14,18-20,23-24,27,29H2,1-2H3,(H,52,64)(H,53,62)(H,54,63,65)/t31-,41?/m1/s1. The van der Waals surface area contributed by atoms with Gasteiger partial charge in [-0.25, -0.2) is 9.97 Å². The lowest BCUT2D eigenvalue weighted by atomic mass is 10.0. The Labute approximate surface area is 387 Å². The molecule has 0 aliphatic carbocycles. The third kappa shape index (κ3) is 11.5. The maximum Gasteiger partial charge on any atom is 0.255 e. The number of imide groups is 1. The minimum absolute atomic E-state index is 0.176. The van der Waals surface area contributed by atoms with Crippen molar-refractivity contribution in [2.45, 2.75) is 96.4 Å². The SMILES string of the molecule is C[C@@H](NC(=O)c1cccc(NCc2nnc(-c3ccncn3)n2C)c1)c1cccc(OCCCCCCn2cc(CCCC(=O)Nc3cccc4c3CN(C3CCC(=O)NC3=O)C4=O)nn2)c1. The molecule has 6 aromatic rings. The van der Waals surface area contributed by atoms with Crippen LogP contribution in [0.3, 0.4) is 0 Å². The van der Waals surface area contributed by atoms with Crippen molar-refractivity contribution in [3.63, 3.8) is 0 Å². The lowest BCUT2D eigenvalue weighted by Crippen LogP contribution is -2.52. The van der Waals surface area contributed by atoms with E-state index in [2.05, 4.69) is 51.7 Å². The highest BCUT2D eigenvalue weighted by Crippen LogP contribution is 2.32. The molecule has 0 bridgehead atoms. The number of piperidine rings is 1. The Morgan fingerprint density at radius 1 is 0.940 bits per heavy atom. The van der Waals surface area contributed by atoms with Crippen LogP contribution in [0.1, 0.15) is 108 Å². The second-order valence-corrected chi connectivity index (χ2v) is 16.7. The van der Waals surface area contributed by atoms with Crippen LogP contribution < -0.4 is 26.0 Å². The smallest absolute Gasteiger partial charge is 0.255 e. The molecule has 3 aromatic heterocycles. The average Bonchev–Trinajstić information content (AvgIpc) is 4.05. The molecule has 19 heteroatoms. The van der Waals surface area contributed by atoms with Gasteiger partial charge in [-0.15, -0.1) is 15.3 Å². The second-order valence-electron chi connectivity index (χ2n) is 16.7. The molecule has 3 aromatic carbocycles. The zero-order chi connectivity index (χ0) is 46.7. The number of aromatic nitrogens is 8. The summed E-state index contributed by atoms with van der Waals surface area (Å²) in [4.78, 5) is 73.1. The summed E-state index contributed by atoms with van der Waals surface area (Å²) in [6.07, 6.45) is 10.8. The highest BCUT2D eigenvalue weighted by atomic mass is 16.5. The number of anilines is 2. The van der Waals surface area contributed by atoms with E-state index < -0.39 is 11.9 Å². The van der Waals surface area contributed by atoms with Crippen molar-refractivity contribution < 1.29 is 28.7 Å². The summed E-state index contributed by atoms with van der Waals surface area (Å²) in [5.74, 6) is 0.642. The van der Waals surface area contributed by atoms with E-state index in [1.165, 1.54) is 11.2 Å². The van der Waals surface area contributed by atoms with Crippen molar-refractivity contribution in [1.29, 1.82) is 0 Å². The summed E-state index contributed by atoms with van der Waals surface area (Å²) >= 11 is 0. The van der Waals surface area contributed by atoms with Crippen LogP contribution in [-0.2, 0) is 47.5 Å². The quantitative estimate of drug-likeness (QED) is 0.0529. The van der Waals surface area contributed by atoms with Crippen LogP contribution in [0.2, 0.25) is 0 Å². The molecule has 4 N–H and O–H groups in total. The fourth-order valence-electron chi connectivity index (χ4n) is 8.18. The van der Waals surface area contributed by atoms with E-state index in [1.54, 1.807) is 36.5 Å². The highest BCUT2D eigenvalue weighted by molar-refractivity contribution is 6.06. The predicted octanol–water partition coefficient (Wildman–Crippen LogP) is 5.33. The number of hydrogen-bond donors (Lipinski definition) is 4. The molecule has 0 spiro atoms. The van der Waals surface area contributed by atoms with Gasteiger partial charge in [0.05, 0.1) is 24.9 Å². The molecule has 1 unspecified atom stereocenters. The molecular formula is C48H53N13O6. The van der Waals surface area contributed by atoms with Crippen LogP contribution in [0.25, 0.3) is 11.5 Å². The van der Waals surface area contributed by atoms with Gasteiger partial charge >= 0.3 is 0 Å². The Kier molecular flexibility index (Phi) is 14.6. The number of amides is 5. The number of benzene rings is 3. The minimum atomic E-state index is -0.720. The molecule has 5 heterocycles. The van der Waals surface area contributed by atoms with Crippen molar-refractivity contribution >= 4 is 40.9 Å². The summed E-state index contributed by atoms with van der Waals surface area (Å²) in [6.45, 7) is 3.86. The Morgan fingerprint density at radius 3 is 2.64 bits per heavy atom. The number of nitrogens with one attached hydrogen (secondary N) is 4. The molecule has 2 atom stereocenters.